The van der Waals surface area contributed by atoms with Gasteiger partial charge in [-0.15, -0.1) is 0 Å². The normalized spacial score (nSPS) is 13.5. The highest BCUT2D eigenvalue weighted by Gasteiger charge is 2.25. The molecule has 1 N–H and O–H groups in total. The Bertz CT molecular complexity index is 939. The van der Waals surface area contributed by atoms with Crippen molar-refractivity contribution < 1.29 is 4.79 Å². The van der Waals surface area contributed by atoms with Gasteiger partial charge in [-0.3, -0.25) is 4.90 Å². The van der Waals surface area contributed by atoms with Gasteiger partial charge in [0, 0.05) is 38.1 Å². The van der Waals surface area contributed by atoms with Crippen molar-refractivity contribution in [3.63, 3.8) is 0 Å². The van der Waals surface area contributed by atoms with Crippen LogP contribution in [0.5, 0.6) is 0 Å². The first-order valence-corrected chi connectivity index (χ1v) is 9.03. The number of benzene rings is 1. The van der Waals surface area contributed by atoms with Gasteiger partial charge in [0.1, 0.15) is 11.5 Å². The predicted octanol–water partition coefficient (Wildman–Crippen LogP) is 3.89. The Kier molecular flexibility index (Phi) is 4.24. The average molecular weight is 349 g/mol. The molecule has 6 nitrogen and oxygen atoms in total. The number of nitrogens with zero attached hydrogens (tertiary/aromatic N) is 4. The number of carbonyl (C=O) groups excluding carboxylic acids is 1. The van der Waals surface area contributed by atoms with Crippen LogP contribution in [0, 0.1) is 0 Å². The number of aromatic nitrogens is 3. The molecule has 1 aliphatic heterocycles. The zero-order chi connectivity index (χ0) is 18.1. The Morgan fingerprint density at radius 1 is 1.19 bits per heavy atom. The molecule has 134 valence electrons. The first-order chi connectivity index (χ1) is 12.7. The highest BCUT2D eigenvalue weighted by atomic mass is 16.2. The quantitative estimate of drug-likeness (QED) is 0.780. The molecule has 0 aliphatic carbocycles. The summed E-state index contributed by atoms with van der Waals surface area (Å²) in [5, 5.41) is 7.77. The number of amides is 2. The van der Waals surface area contributed by atoms with E-state index < -0.39 is 0 Å². The number of hydrogen-bond donors (Lipinski definition) is 1. The van der Waals surface area contributed by atoms with Gasteiger partial charge in [-0.2, -0.15) is 5.10 Å². The Morgan fingerprint density at radius 2 is 2.04 bits per heavy atom. The first-order valence-electron chi connectivity index (χ1n) is 9.03. The highest BCUT2D eigenvalue weighted by molar-refractivity contribution is 6.02. The molecular weight excluding hydrogens is 326 g/mol. The lowest BCUT2D eigenvalue weighted by molar-refractivity contribution is 0.255. The summed E-state index contributed by atoms with van der Waals surface area (Å²) >= 11 is 0. The van der Waals surface area contributed by atoms with E-state index in [1.807, 2.05) is 65.0 Å². The SMILES string of the molecule is CCc1ccccc1NC(=O)N1CCCn2nc(-c3cccn3C)cc21. The summed E-state index contributed by atoms with van der Waals surface area (Å²) in [6.45, 7) is 3.61. The fourth-order valence-corrected chi connectivity index (χ4v) is 3.47. The Balaban J connectivity index is 1.62. The minimum Gasteiger partial charge on any atom is -0.349 e. The number of rotatable bonds is 3. The zero-order valence-corrected chi connectivity index (χ0v) is 15.1. The van der Waals surface area contributed by atoms with Crippen LogP contribution in [0.4, 0.5) is 16.3 Å². The van der Waals surface area contributed by atoms with Crippen molar-refractivity contribution in [2.45, 2.75) is 26.3 Å². The van der Waals surface area contributed by atoms with Crippen LogP contribution >= 0.6 is 0 Å². The number of nitrogens with one attached hydrogen (secondary N) is 1. The van der Waals surface area contributed by atoms with Crippen LogP contribution in [-0.2, 0) is 20.0 Å². The minimum absolute atomic E-state index is 0.106. The third-order valence-corrected chi connectivity index (χ3v) is 4.88. The standard InChI is InChI=1S/C20H23N5O/c1-3-15-8-4-5-9-16(15)21-20(26)24-12-7-13-25-19(24)14-17(22-25)18-10-6-11-23(18)2/h4-6,8-11,14H,3,7,12-13H2,1-2H3,(H,21,26). The molecule has 1 aliphatic rings. The van der Waals surface area contributed by atoms with E-state index >= 15 is 0 Å². The van der Waals surface area contributed by atoms with Crippen molar-refractivity contribution in [1.29, 1.82) is 0 Å². The molecule has 3 heterocycles. The molecule has 4 rings (SSSR count). The second-order valence-electron chi connectivity index (χ2n) is 6.56. The van der Waals surface area contributed by atoms with Gasteiger partial charge in [0.15, 0.2) is 0 Å². The van der Waals surface area contributed by atoms with Crippen molar-refractivity contribution in [3.05, 3.63) is 54.2 Å². The van der Waals surface area contributed by atoms with E-state index in [-0.39, 0.29) is 6.03 Å². The summed E-state index contributed by atoms with van der Waals surface area (Å²) in [6, 6.07) is 13.9. The van der Waals surface area contributed by atoms with Crippen LogP contribution in [-0.4, -0.2) is 26.9 Å². The van der Waals surface area contributed by atoms with Crippen LogP contribution in [0.15, 0.2) is 48.7 Å². The number of fused-ring (bicyclic) bond motifs is 1. The monoisotopic (exact) mass is 349 g/mol. The van der Waals surface area contributed by atoms with Gasteiger partial charge in [0.2, 0.25) is 0 Å². The van der Waals surface area contributed by atoms with E-state index in [2.05, 4.69) is 12.2 Å². The number of urea groups is 1. The number of anilines is 2. The maximum Gasteiger partial charge on any atom is 0.327 e. The van der Waals surface area contributed by atoms with Gasteiger partial charge < -0.3 is 9.88 Å². The lowest BCUT2D eigenvalue weighted by atomic mass is 10.1. The lowest BCUT2D eigenvalue weighted by Gasteiger charge is -2.28. The molecule has 0 unspecified atom stereocenters. The maximum absolute atomic E-state index is 12.9. The fourth-order valence-electron chi connectivity index (χ4n) is 3.47. The van der Waals surface area contributed by atoms with Crippen molar-refractivity contribution >= 4 is 17.5 Å². The topological polar surface area (TPSA) is 55.1 Å². The summed E-state index contributed by atoms with van der Waals surface area (Å²) in [7, 11) is 2.00. The van der Waals surface area contributed by atoms with E-state index in [0.29, 0.717) is 6.54 Å². The lowest BCUT2D eigenvalue weighted by Crippen LogP contribution is -2.40. The third kappa shape index (κ3) is 2.87. The van der Waals surface area contributed by atoms with Crippen LogP contribution in [0.3, 0.4) is 0 Å². The molecule has 0 atom stereocenters. The summed E-state index contributed by atoms with van der Waals surface area (Å²) < 4.78 is 3.97. The van der Waals surface area contributed by atoms with Gasteiger partial charge in [-0.05, 0) is 36.6 Å². The molecule has 26 heavy (non-hydrogen) atoms. The largest absolute Gasteiger partial charge is 0.349 e. The number of hydrogen-bond acceptors (Lipinski definition) is 2. The predicted molar refractivity (Wildman–Crippen MR) is 103 cm³/mol. The molecule has 0 bridgehead atoms. The van der Waals surface area contributed by atoms with E-state index in [1.54, 1.807) is 4.90 Å². The third-order valence-electron chi connectivity index (χ3n) is 4.88. The Hall–Kier alpha value is -3.02. The second kappa shape index (κ2) is 6.71. The summed E-state index contributed by atoms with van der Waals surface area (Å²) in [5.41, 5.74) is 3.94. The van der Waals surface area contributed by atoms with Crippen molar-refractivity contribution in [1.82, 2.24) is 14.3 Å². The van der Waals surface area contributed by atoms with Gasteiger partial charge in [-0.1, -0.05) is 25.1 Å². The fraction of sp³-hybridized carbons (Fsp3) is 0.300. The minimum atomic E-state index is -0.106. The van der Waals surface area contributed by atoms with Crippen molar-refractivity contribution in [2.24, 2.45) is 7.05 Å². The van der Waals surface area contributed by atoms with Crippen LogP contribution in [0.2, 0.25) is 0 Å². The van der Waals surface area contributed by atoms with Crippen LogP contribution in [0.25, 0.3) is 11.4 Å². The second-order valence-corrected chi connectivity index (χ2v) is 6.56. The van der Waals surface area contributed by atoms with Gasteiger partial charge >= 0.3 is 6.03 Å². The van der Waals surface area contributed by atoms with E-state index in [1.165, 1.54) is 0 Å². The van der Waals surface area contributed by atoms with Gasteiger partial charge in [-0.25, -0.2) is 9.48 Å². The Labute approximate surface area is 153 Å². The molecule has 0 saturated carbocycles. The summed E-state index contributed by atoms with van der Waals surface area (Å²) in [6.07, 6.45) is 3.77. The molecule has 0 fully saturated rings. The van der Waals surface area contributed by atoms with E-state index in [4.69, 9.17) is 5.10 Å². The molecule has 0 saturated heterocycles. The zero-order valence-electron chi connectivity index (χ0n) is 15.1. The molecule has 6 heteroatoms. The average Bonchev–Trinajstić information content (AvgIpc) is 3.27. The first kappa shape index (κ1) is 16.4. The summed E-state index contributed by atoms with van der Waals surface area (Å²) in [4.78, 5) is 14.7. The number of carbonyl (C=O) groups is 1. The number of para-hydroxylation sites is 1. The van der Waals surface area contributed by atoms with Gasteiger partial charge in [0.25, 0.3) is 0 Å². The van der Waals surface area contributed by atoms with Gasteiger partial charge in [0.05, 0.1) is 5.69 Å². The molecular formula is C20H23N5O. The Morgan fingerprint density at radius 3 is 2.81 bits per heavy atom. The van der Waals surface area contributed by atoms with Crippen LogP contribution < -0.4 is 10.2 Å². The van der Waals surface area contributed by atoms with E-state index in [0.717, 1.165) is 47.8 Å². The molecule has 0 radical (unpaired) electrons. The molecule has 2 aromatic heterocycles. The summed E-state index contributed by atoms with van der Waals surface area (Å²) in [5.74, 6) is 0.846. The van der Waals surface area contributed by atoms with Crippen molar-refractivity contribution in [2.75, 3.05) is 16.8 Å². The molecule has 3 aromatic rings. The van der Waals surface area contributed by atoms with Crippen LogP contribution in [0.1, 0.15) is 18.9 Å². The maximum atomic E-state index is 12.9. The smallest absolute Gasteiger partial charge is 0.327 e. The van der Waals surface area contributed by atoms with E-state index in [9.17, 15) is 4.79 Å². The van der Waals surface area contributed by atoms with Crippen molar-refractivity contribution in [3.8, 4) is 11.4 Å². The number of aryl methyl sites for hydroxylation is 3. The molecule has 1 aromatic carbocycles. The molecule has 0 spiro atoms. The highest BCUT2D eigenvalue weighted by Crippen LogP contribution is 2.28. The molecule has 2 amide bonds.